The second-order valence-corrected chi connectivity index (χ2v) is 4.46. The highest BCUT2D eigenvalue weighted by atomic mass is 127. The Labute approximate surface area is 87.5 Å². The molecule has 0 saturated carbocycles. The topological polar surface area (TPSA) is 25.2 Å². The van der Waals surface area contributed by atoms with Gasteiger partial charge in [0.2, 0.25) is 0 Å². The largest absolute Gasteiger partial charge is 0.254 e. The Bertz CT molecular complexity index is 436. The number of hydrogen-bond acceptors (Lipinski definition) is 3. The number of pyridine rings is 1. The second kappa shape index (κ2) is 3.10. The molecule has 0 amide bonds. The predicted octanol–water partition coefficient (Wildman–Crippen LogP) is 3.23. The lowest BCUT2D eigenvalue weighted by Crippen LogP contribution is -1.74. The molecule has 2 aromatic rings. The number of aliphatic imine (C=N–C) groups is 1. The number of fused-ring (bicyclic) bond motifs is 1. The normalized spacial score (nSPS) is 10.4. The van der Waals surface area contributed by atoms with Crippen molar-refractivity contribution in [1.82, 2.24) is 4.98 Å². The number of halogens is 1. The van der Waals surface area contributed by atoms with Crippen LogP contribution in [0.4, 0.5) is 5.00 Å². The van der Waals surface area contributed by atoms with Crippen LogP contribution in [0.3, 0.4) is 0 Å². The number of nitrogens with zero attached hydrogens (tertiary/aromatic N) is 2. The molecule has 0 aromatic carbocycles. The molecular formula is C8H5IN2S. The van der Waals surface area contributed by atoms with Crippen molar-refractivity contribution in [2.45, 2.75) is 0 Å². The highest BCUT2D eigenvalue weighted by molar-refractivity contribution is 14.1. The fourth-order valence-corrected chi connectivity index (χ4v) is 2.27. The molecule has 0 aliphatic rings. The Kier molecular flexibility index (Phi) is 2.10. The van der Waals surface area contributed by atoms with Gasteiger partial charge in [-0.2, -0.15) is 0 Å². The van der Waals surface area contributed by atoms with Crippen molar-refractivity contribution in [1.29, 1.82) is 0 Å². The van der Waals surface area contributed by atoms with Crippen LogP contribution in [0, 0.1) is 3.70 Å². The second-order valence-electron chi connectivity index (χ2n) is 2.29. The van der Waals surface area contributed by atoms with Gasteiger partial charge in [0.05, 0.1) is 4.70 Å². The minimum Gasteiger partial charge on any atom is -0.254 e. The van der Waals surface area contributed by atoms with Gasteiger partial charge in [-0.25, -0.2) is 4.98 Å². The van der Waals surface area contributed by atoms with Gasteiger partial charge < -0.3 is 0 Å². The van der Waals surface area contributed by atoms with E-state index in [1.54, 1.807) is 11.3 Å². The number of hydrogen-bond donors (Lipinski definition) is 0. The van der Waals surface area contributed by atoms with E-state index in [1.807, 2.05) is 18.3 Å². The summed E-state index contributed by atoms with van der Waals surface area (Å²) in [4.78, 5) is 8.07. The first kappa shape index (κ1) is 8.12. The minimum atomic E-state index is 0.953. The van der Waals surface area contributed by atoms with Crippen LogP contribution in [0.1, 0.15) is 0 Å². The predicted molar refractivity (Wildman–Crippen MR) is 61.5 cm³/mol. The third-order valence-electron chi connectivity index (χ3n) is 1.51. The molecule has 2 rings (SSSR count). The Morgan fingerprint density at radius 1 is 1.50 bits per heavy atom. The van der Waals surface area contributed by atoms with Gasteiger partial charge in [-0.1, -0.05) is 0 Å². The van der Waals surface area contributed by atoms with Crippen LogP contribution in [0.25, 0.3) is 10.1 Å². The molecule has 4 heteroatoms. The van der Waals surface area contributed by atoms with E-state index in [-0.39, 0.29) is 0 Å². The summed E-state index contributed by atoms with van der Waals surface area (Å²) in [6.07, 6.45) is 1.87. The van der Waals surface area contributed by atoms with Crippen molar-refractivity contribution in [3.63, 3.8) is 0 Å². The van der Waals surface area contributed by atoms with Crippen molar-refractivity contribution >= 4 is 55.7 Å². The molecule has 2 heterocycles. The molecule has 0 aliphatic carbocycles. The third-order valence-corrected chi connectivity index (χ3v) is 3.12. The quantitative estimate of drug-likeness (QED) is 0.449. The van der Waals surface area contributed by atoms with Crippen molar-refractivity contribution in [2.24, 2.45) is 4.99 Å². The average Bonchev–Trinajstić information content (AvgIpc) is 2.46. The fourth-order valence-electron chi connectivity index (χ4n) is 0.983. The summed E-state index contributed by atoms with van der Waals surface area (Å²) >= 11 is 3.81. The first-order valence-corrected chi connectivity index (χ1v) is 5.21. The maximum atomic E-state index is 4.19. The molecule has 0 fully saturated rings. The molecule has 2 nitrogen and oxygen atoms in total. The van der Waals surface area contributed by atoms with E-state index in [1.165, 1.54) is 5.39 Å². The zero-order valence-corrected chi connectivity index (χ0v) is 9.09. The van der Waals surface area contributed by atoms with E-state index < -0.39 is 0 Å². The van der Waals surface area contributed by atoms with Crippen LogP contribution < -0.4 is 0 Å². The van der Waals surface area contributed by atoms with E-state index in [4.69, 9.17) is 0 Å². The molecule has 0 saturated heterocycles. The molecule has 0 aliphatic heterocycles. The monoisotopic (exact) mass is 288 g/mol. The summed E-state index contributed by atoms with van der Waals surface area (Å²) < 4.78 is 2.17. The highest BCUT2D eigenvalue weighted by Crippen LogP contribution is 2.31. The molecule has 0 N–H and O–H groups in total. The molecule has 0 unspecified atom stereocenters. The number of aromatic nitrogens is 1. The summed E-state index contributed by atoms with van der Waals surface area (Å²) in [7, 11) is 0. The molecule has 0 radical (unpaired) electrons. The van der Waals surface area contributed by atoms with Crippen LogP contribution in [0.5, 0.6) is 0 Å². The standard InChI is InChI=1S/C8H5IN2S/c1-10-8-3-5-2-7(9)11-4-6(5)12-8/h2-4H,1H2. The average molecular weight is 288 g/mol. The highest BCUT2D eigenvalue weighted by Gasteiger charge is 2.00. The lowest BCUT2D eigenvalue weighted by atomic mass is 10.3. The summed E-state index contributed by atoms with van der Waals surface area (Å²) in [6, 6.07) is 4.07. The molecule has 2 aromatic heterocycles. The SMILES string of the molecule is C=Nc1cc2cc(I)ncc2s1. The maximum Gasteiger partial charge on any atom is 0.116 e. The van der Waals surface area contributed by atoms with E-state index in [2.05, 4.69) is 39.3 Å². The minimum absolute atomic E-state index is 0.953. The number of rotatable bonds is 1. The van der Waals surface area contributed by atoms with Crippen molar-refractivity contribution in [2.75, 3.05) is 0 Å². The van der Waals surface area contributed by atoms with E-state index in [9.17, 15) is 0 Å². The van der Waals surface area contributed by atoms with Crippen LogP contribution in [-0.2, 0) is 0 Å². The lowest BCUT2D eigenvalue weighted by Gasteiger charge is -1.87. The summed E-state index contributed by atoms with van der Waals surface area (Å²) in [5.74, 6) is 0. The molecule has 0 spiro atoms. The van der Waals surface area contributed by atoms with Crippen LogP contribution in [0.15, 0.2) is 23.3 Å². The molecular weight excluding hydrogens is 283 g/mol. The lowest BCUT2D eigenvalue weighted by molar-refractivity contribution is 1.31. The number of thiophene rings is 1. The van der Waals surface area contributed by atoms with Crippen LogP contribution in [-0.4, -0.2) is 11.7 Å². The van der Waals surface area contributed by atoms with Gasteiger partial charge in [-0.15, -0.1) is 11.3 Å². The Morgan fingerprint density at radius 2 is 2.33 bits per heavy atom. The first-order chi connectivity index (χ1) is 5.79. The fraction of sp³-hybridized carbons (Fsp3) is 0. The zero-order chi connectivity index (χ0) is 8.55. The van der Waals surface area contributed by atoms with Gasteiger partial charge in [-0.05, 0) is 46.8 Å². The zero-order valence-electron chi connectivity index (χ0n) is 6.12. The Morgan fingerprint density at radius 3 is 3.08 bits per heavy atom. The third kappa shape index (κ3) is 1.36. The van der Waals surface area contributed by atoms with Crippen LogP contribution >= 0.6 is 33.9 Å². The molecule has 60 valence electrons. The van der Waals surface area contributed by atoms with Gasteiger partial charge >= 0.3 is 0 Å². The smallest absolute Gasteiger partial charge is 0.116 e. The van der Waals surface area contributed by atoms with Gasteiger partial charge in [-0.3, -0.25) is 4.99 Å². The van der Waals surface area contributed by atoms with Crippen molar-refractivity contribution < 1.29 is 0 Å². The van der Waals surface area contributed by atoms with E-state index in [0.29, 0.717) is 0 Å². The van der Waals surface area contributed by atoms with Gasteiger partial charge in [0.15, 0.2) is 0 Å². The maximum absolute atomic E-state index is 4.19. The first-order valence-electron chi connectivity index (χ1n) is 3.31. The van der Waals surface area contributed by atoms with Gasteiger partial charge in [0.1, 0.15) is 8.70 Å². The molecule has 12 heavy (non-hydrogen) atoms. The van der Waals surface area contributed by atoms with Crippen molar-refractivity contribution in [3.05, 3.63) is 22.0 Å². The van der Waals surface area contributed by atoms with E-state index in [0.717, 1.165) is 13.4 Å². The molecule has 0 atom stereocenters. The summed E-state index contributed by atoms with van der Waals surface area (Å²) in [6.45, 7) is 3.49. The Hall–Kier alpha value is -0.490. The van der Waals surface area contributed by atoms with Gasteiger partial charge in [0, 0.05) is 6.20 Å². The van der Waals surface area contributed by atoms with E-state index >= 15 is 0 Å². The summed E-state index contributed by atoms with van der Waals surface area (Å²) in [5.41, 5.74) is 0. The Balaban J connectivity index is 2.75. The van der Waals surface area contributed by atoms with Gasteiger partial charge in [0.25, 0.3) is 0 Å². The molecule has 0 bridgehead atoms. The summed E-state index contributed by atoms with van der Waals surface area (Å²) in [5, 5.41) is 2.15. The van der Waals surface area contributed by atoms with Crippen LogP contribution in [0.2, 0.25) is 0 Å². The van der Waals surface area contributed by atoms with Crippen molar-refractivity contribution in [3.8, 4) is 0 Å².